The van der Waals surface area contributed by atoms with E-state index in [-0.39, 0.29) is 5.41 Å². The number of rotatable bonds is 3. The number of nitrogens with one attached hydrogen (secondary N) is 2. The summed E-state index contributed by atoms with van der Waals surface area (Å²) < 4.78 is 1.75. The van der Waals surface area contributed by atoms with Crippen LogP contribution in [-0.4, -0.2) is 45.6 Å². The lowest BCUT2D eigenvalue weighted by Crippen LogP contribution is -2.10. The summed E-state index contributed by atoms with van der Waals surface area (Å²) >= 11 is 6.07. The number of carbonyl (C=O) groups excluding carboxylic acids is 2. The van der Waals surface area contributed by atoms with Crippen LogP contribution in [-0.2, 0) is 15.0 Å². The summed E-state index contributed by atoms with van der Waals surface area (Å²) in [6.07, 6.45) is 3.44. The topological polar surface area (TPSA) is 106 Å². The third kappa shape index (κ3) is 7.89. The molecule has 0 unspecified atom stereocenters. The maximum absolute atomic E-state index is 8.00. The van der Waals surface area contributed by atoms with Gasteiger partial charge in [0.2, 0.25) is 0 Å². The molecule has 2 aromatic carbocycles. The Morgan fingerprint density at radius 2 is 1.63 bits per heavy atom. The van der Waals surface area contributed by atoms with Gasteiger partial charge in [-0.25, -0.2) is 9.67 Å². The second-order valence-electron chi connectivity index (χ2n) is 8.40. The van der Waals surface area contributed by atoms with E-state index in [9.17, 15) is 0 Å². The second kappa shape index (κ2) is 13.8. The van der Waals surface area contributed by atoms with E-state index in [1.165, 1.54) is 11.1 Å². The Balaban J connectivity index is 0.000000347. The van der Waals surface area contributed by atoms with Crippen LogP contribution in [0.15, 0.2) is 54.9 Å². The van der Waals surface area contributed by atoms with Crippen molar-refractivity contribution in [3.05, 3.63) is 76.7 Å². The van der Waals surface area contributed by atoms with Crippen LogP contribution >= 0.6 is 11.6 Å². The van der Waals surface area contributed by atoms with Crippen molar-refractivity contribution in [3.63, 3.8) is 0 Å². The molecule has 0 atom stereocenters. The van der Waals surface area contributed by atoms with Crippen LogP contribution in [0, 0.1) is 13.8 Å². The number of halogens is 1. The van der Waals surface area contributed by atoms with Crippen LogP contribution in [0.2, 0.25) is 5.02 Å². The molecule has 186 valence electrons. The highest BCUT2D eigenvalue weighted by Gasteiger charge is 2.16. The van der Waals surface area contributed by atoms with Gasteiger partial charge < -0.3 is 19.9 Å². The van der Waals surface area contributed by atoms with Crippen molar-refractivity contribution in [3.8, 4) is 17.2 Å². The largest absolute Gasteiger partial charge is 0.386 e. The smallest absolute Gasteiger partial charge is 0.159 e. The molecule has 35 heavy (non-hydrogen) atoms. The molecule has 0 bridgehead atoms. The van der Waals surface area contributed by atoms with Gasteiger partial charge in [0.1, 0.15) is 13.6 Å². The van der Waals surface area contributed by atoms with E-state index in [2.05, 4.69) is 77.6 Å². The number of aryl methyl sites for hydroxylation is 1. The van der Waals surface area contributed by atoms with Crippen LogP contribution in [0.25, 0.3) is 17.2 Å². The van der Waals surface area contributed by atoms with E-state index in [0.717, 1.165) is 22.8 Å². The molecule has 0 amide bonds. The minimum atomic E-state index is 0.285. The molecule has 0 aliphatic heterocycles. The van der Waals surface area contributed by atoms with Gasteiger partial charge in [-0.3, -0.25) is 0 Å². The Hall–Kier alpha value is -3.78. The summed E-state index contributed by atoms with van der Waals surface area (Å²) in [4.78, 5) is 23.2. The Morgan fingerprint density at radius 1 is 1.00 bits per heavy atom. The normalized spacial score (nSPS) is 10.0. The van der Waals surface area contributed by atoms with Crippen molar-refractivity contribution >= 4 is 30.9 Å². The van der Waals surface area contributed by atoms with Gasteiger partial charge in [-0.2, -0.15) is 0 Å². The first-order valence-electron chi connectivity index (χ1n) is 10.8. The van der Waals surface area contributed by atoms with Crippen molar-refractivity contribution in [2.24, 2.45) is 0 Å². The highest BCUT2D eigenvalue weighted by Crippen LogP contribution is 2.27. The standard InChI is InChI=1S/C13H13ClN6.C11H16.2CH2O/c1-8-12(13-16-5-6-17-13)18-19-20(8)11-7-9(14)3-4-10(11)15-2;1-9-5-7-10(8-6-9)11(2,3)4;2*1-2/h3-7,15H,1-2H3,(H,16,17);5-8H,1-4H3;2*1H2. The summed E-state index contributed by atoms with van der Waals surface area (Å²) in [6.45, 7) is 14.8. The van der Waals surface area contributed by atoms with Gasteiger partial charge in [-0.15, -0.1) is 5.10 Å². The van der Waals surface area contributed by atoms with Crippen LogP contribution in [0.4, 0.5) is 5.69 Å². The zero-order valence-electron chi connectivity index (χ0n) is 21.1. The highest BCUT2D eigenvalue weighted by atomic mass is 35.5. The van der Waals surface area contributed by atoms with Crippen LogP contribution in [0.3, 0.4) is 0 Å². The molecule has 0 saturated carbocycles. The third-order valence-electron chi connectivity index (χ3n) is 4.99. The van der Waals surface area contributed by atoms with E-state index >= 15 is 0 Å². The highest BCUT2D eigenvalue weighted by molar-refractivity contribution is 6.30. The van der Waals surface area contributed by atoms with Gasteiger partial charge in [-0.1, -0.05) is 67.4 Å². The summed E-state index contributed by atoms with van der Waals surface area (Å²) in [6, 6.07) is 14.3. The quantitative estimate of drug-likeness (QED) is 0.383. The summed E-state index contributed by atoms with van der Waals surface area (Å²) in [5.41, 5.74) is 6.40. The predicted molar refractivity (Wildman–Crippen MR) is 142 cm³/mol. The number of H-pyrrole nitrogens is 1. The van der Waals surface area contributed by atoms with Crippen molar-refractivity contribution in [1.29, 1.82) is 0 Å². The molecule has 0 radical (unpaired) electrons. The fourth-order valence-electron chi connectivity index (χ4n) is 3.12. The molecule has 0 aliphatic rings. The third-order valence-corrected chi connectivity index (χ3v) is 5.23. The van der Waals surface area contributed by atoms with E-state index in [1.54, 1.807) is 17.1 Å². The first-order chi connectivity index (χ1) is 16.7. The number of nitrogens with zero attached hydrogens (tertiary/aromatic N) is 4. The maximum atomic E-state index is 8.00. The first kappa shape index (κ1) is 29.3. The maximum Gasteiger partial charge on any atom is 0.159 e. The van der Waals surface area contributed by atoms with Gasteiger partial charge in [-0.05, 0) is 43.0 Å². The zero-order chi connectivity index (χ0) is 26.6. The molecule has 4 aromatic rings. The van der Waals surface area contributed by atoms with Crippen LogP contribution < -0.4 is 5.32 Å². The molecule has 0 fully saturated rings. The van der Waals surface area contributed by atoms with Crippen LogP contribution in [0.5, 0.6) is 0 Å². The molecule has 0 spiro atoms. The number of aromatic amines is 1. The van der Waals surface area contributed by atoms with Gasteiger partial charge in [0.15, 0.2) is 11.5 Å². The molecule has 4 rings (SSSR count). The van der Waals surface area contributed by atoms with E-state index < -0.39 is 0 Å². The summed E-state index contributed by atoms with van der Waals surface area (Å²) in [5.74, 6) is 0.696. The number of hydrogen-bond acceptors (Lipinski definition) is 6. The molecule has 0 saturated heterocycles. The molecule has 2 aromatic heterocycles. The number of aromatic nitrogens is 5. The number of anilines is 1. The lowest BCUT2D eigenvalue weighted by Gasteiger charge is -2.18. The Morgan fingerprint density at radius 3 is 2.14 bits per heavy atom. The number of benzene rings is 2. The fraction of sp³-hybridized carbons (Fsp3) is 0.269. The minimum Gasteiger partial charge on any atom is -0.386 e. The van der Waals surface area contributed by atoms with Crippen molar-refractivity contribution < 1.29 is 9.59 Å². The van der Waals surface area contributed by atoms with Gasteiger partial charge in [0, 0.05) is 24.5 Å². The number of carbonyl (C=O) groups is 2. The first-order valence-corrected chi connectivity index (χ1v) is 11.1. The minimum absolute atomic E-state index is 0.285. The Kier molecular flexibility index (Phi) is 11.5. The van der Waals surface area contributed by atoms with Gasteiger partial charge >= 0.3 is 0 Å². The monoisotopic (exact) mass is 496 g/mol. The number of hydrogen-bond donors (Lipinski definition) is 2. The summed E-state index contributed by atoms with van der Waals surface area (Å²) in [7, 11) is 1.85. The Bertz CT molecular complexity index is 1160. The number of imidazole rings is 1. The molecule has 8 nitrogen and oxygen atoms in total. The fourth-order valence-corrected chi connectivity index (χ4v) is 3.28. The van der Waals surface area contributed by atoms with Gasteiger partial charge in [0.25, 0.3) is 0 Å². The molecule has 0 aliphatic carbocycles. The SMILES string of the molecule is C=O.C=O.CNc1ccc(Cl)cc1-n1nnc(-c2ncc[nH]2)c1C.Cc1ccc(C(C)(C)C)cc1. The van der Waals surface area contributed by atoms with E-state index in [1.807, 2.05) is 45.7 Å². The predicted octanol–water partition coefficient (Wildman–Crippen LogP) is 5.58. The van der Waals surface area contributed by atoms with Crippen molar-refractivity contribution in [2.45, 2.75) is 40.0 Å². The molecule has 9 heteroatoms. The van der Waals surface area contributed by atoms with Gasteiger partial charge in [0.05, 0.1) is 17.1 Å². The van der Waals surface area contributed by atoms with Crippen molar-refractivity contribution in [2.75, 3.05) is 12.4 Å². The lowest BCUT2D eigenvalue weighted by atomic mass is 9.87. The molecule has 2 heterocycles. The molecule has 2 N–H and O–H groups in total. The van der Waals surface area contributed by atoms with E-state index in [0.29, 0.717) is 10.8 Å². The second-order valence-corrected chi connectivity index (χ2v) is 8.84. The average molecular weight is 497 g/mol. The van der Waals surface area contributed by atoms with Crippen molar-refractivity contribution in [1.82, 2.24) is 25.0 Å². The van der Waals surface area contributed by atoms with E-state index in [4.69, 9.17) is 21.2 Å². The molecular formula is C26H33ClN6O2. The summed E-state index contributed by atoms with van der Waals surface area (Å²) in [5, 5.41) is 12.2. The molecular weight excluding hydrogens is 464 g/mol. The zero-order valence-corrected chi connectivity index (χ0v) is 21.8. The Labute approximate surface area is 211 Å². The van der Waals surface area contributed by atoms with Crippen LogP contribution in [0.1, 0.15) is 37.6 Å². The average Bonchev–Trinajstić information content (AvgIpc) is 3.51. The lowest BCUT2D eigenvalue weighted by molar-refractivity contribution is -0.0987.